The van der Waals surface area contributed by atoms with E-state index in [-0.39, 0.29) is 11.6 Å². The number of carbonyl (C=O) groups is 1. The van der Waals surface area contributed by atoms with Gasteiger partial charge in [-0.2, -0.15) is 0 Å². The lowest BCUT2D eigenvalue weighted by atomic mass is 10.2. The first-order valence-corrected chi connectivity index (χ1v) is 6.41. The molecule has 0 radical (unpaired) electrons. The van der Waals surface area contributed by atoms with E-state index >= 15 is 0 Å². The standard InChI is InChI=1S/C12H10BrN3O2/c13-8-2-1-3-9(6-8)16-11(7-4-5-7)10(12(17)18)14-15-16/h1-3,6-7H,4-5H2,(H,17,18). The molecule has 0 unspecified atom stereocenters. The van der Waals surface area contributed by atoms with Gasteiger partial charge in [0.15, 0.2) is 5.69 Å². The highest BCUT2D eigenvalue weighted by molar-refractivity contribution is 9.10. The van der Waals surface area contributed by atoms with Crippen LogP contribution in [0, 0.1) is 0 Å². The number of hydrogen-bond donors (Lipinski definition) is 1. The molecule has 1 fully saturated rings. The highest BCUT2D eigenvalue weighted by Crippen LogP contribution is 2.42. The Bertz CT molecular complexity index is 620. The summed E-state index contributed by atoms with van der Waals surface area (Å²) in [5, 5.41) is 16.9. The van der Waals surface area contributed by atoms with Crippen molar-refractivity contribution < 1.29 is 9.90 Å². The number of hydrogen-bond acceptors (Lipinski definition) is 3. The molecule has 0 atom stereocenters. The number of aromatic nitrogens is 3. The fourth-order valence-electron chi connectivity index (χ4n) is 1.96. The zero-order valence-electron chi connectivity index (χ0n) is 9.38. The van der Waals surface area contributed by atoms with E-state index in [9.17, 15) is 4.79 Å². The minimum absolute atomic E-state index is 0.0671. The van der Waals surface area contributed by atoms with Gasteiger partial charge in [0.25, 0.3) is 0 Å². The van der Waals surface area contributed by atoms with Gasteiger partial charge in [0.2, 0.25) is 0 Å². The van der Waals surface area contributed by atoms with Crippen LogP contribution in [0.3, 0.4) is 0 Å². The molecular formula is C12H10BrN3O2. The van der Waals surface area contributed by atoms with E-state index in [1.54, 1.807) is 4.68 Å². The Morgan fingerprint density at radius 1 is 1.44 bits per heavy atom. The molecule has 1 aromatic heterocycles. The van der Waals surface area contributed by atoms with Crippen LogP contribution in [-0.4, -0.2) is 26.1 Å². The highest BCUT2D eigenvalue weighted by atomic mass is 79.9. The van der Waals surface area contributed by atoms with Gasteiger partial charge < -0.3 is 5.11 Å². The molecular weight excluding hydrogens is 298 g/mol. The molecule has 0 saturated heterocycles. The quantitative estimate of drug-likeness (QED) is 0.946. The third-order valence-corrected chi connectivity index (χ3v) is 3.42. The fourth-order valence-corrected chi connectivity index (χ4v) is 2.35. The smallest absolute Gasteiger partial charge is 0.358 e. The van der Waals surface area contributed by atoms with Crippen LogP contribution in [-0.2, 0) is 0 Å². The van der Waals surface area contributed by atoms with Crippen LogP contribution in [0.4, 0.5) is 0 Å². The largest absolute Gasteiger partial charge is 0.476 e. The van der Waals surface area contributed by atoms with Gasteiger partial charge in [-0.1, -0.05) is 27.2 Å². The minimum Gasteiger partial charge on any atom is -0.476 e. The van der Waals surface area contributed by atoms with Gasteiger partial charge in [0.05, 0.1) is 11.4 Å². The van der Waals surface area contributed by atoms with Crippen LogP contribution in [0.1, 0.15) is 34.9 Å². The lowest BCUT2D eigenvalue weighted by molar-refractivity contribution is 0.0689. The molecule has 1 aliphatic rings. The molecule has 0 spiro atoms. The Labute approximate surface area is 112 Å². The van der Waals surface area contributed by atoms with Crippen molar-refractivity contribution >= 4 is 21.9 Å². The minimum atomic E-state index is -1.02. The van der Waals surface area contributed by atoms with E-state index in [2.05, 4.69) is 26.2 Å². The monoisotopic (exact) mass is 307 g/mol. The van der Waals surface area contributed by atoms with E-state index in [4.69, 9.17) is 5.11 Å². The molecule has 1 saturated carbocycles. The van der Waals surface area contributed by atoms with Gasteiger partial charge in [0.1, 0.15) is 0 Å². The lowest BCUT2D eigenvalue weighted by Gasteiger charge is -2.06. The lowest BCUT2D eigenvalue weighted by Crippen LogP contribution is -2.05. The molecule has 3 rings (SSSR count). The zero-order valence-corrected chi connectivity index (χ0v) is 11.0. The predicted octanol–water partition coefficient (Wildman–Crippen LogP) is 2.61. The molecule has 0 amide bonds. The van der Waals surface area contributed by atoms with Crippen LogP contribution in [0.5, 0.6) is 0 Å². The summed E-state index contributed by atoms with van der Waals surface area (Å²) in [5.41, 5.74) is 1.60. The summed E-state index contributed by atoms with van der Waals surface area (Å²) in [6.07, 6.45) is 2.00. The van der Waals surface area contributed by atoms with Crippen molar-refractivity contribution in [1.29, 1.82) is 0 Å². The van der Waals surface area contributed by atoms with E-state index in [1.807, 2.05) is 24.3 Å². The molecule has 5 nitrogen and oxygen atoms in total. The topological polar surface area (TPSA) is 68.0 Å². The van der Waals surface area contributed by atoms with Gasteiger partial charge in [-0.05, 0) is 31.0 Å². The SMILES string of the molecule is O=C(O)c1nnn(-c2cccc(Br)c2)c1C1CC1. The summed E-state index contributed by atoms with van der Waals surface area (Å²) < 4.78 is 2.56. The number of rotatable bonds is 3. The van der Waals surface area contributed by atoms with Crippen LogP contribution in [0.15, 0.2) is 28.7 Å². The Hall–Kier alpha value is -1.69. The van der Waals surface area contributed by atoms with Crippen molar-refractivity contribution in [2.75, 3.05) is 0 Å². The zero-order chi connectivity index (χ0) is 12.7. The van der Waals surface area contributed by atoms with Gasteiger partial charge >= 0.3 is 5.97 Å². The second-order valence-corrected chi connectivity index (χ2v) is 5.21. The van der Waals surface area contributed by atoms with E-state index in [0.717, 1.165) is 23.0 Å². The number of carboxylic acids is 1. The number of nitrogens with zero attached hydrogens (tertiary/aromatic N) is 3. The fraction of sp³-hybridized carbons (Fsp3) is 0.250. The average Bonchev–Trinajstić information content (AvgIpc) is 3.07. The van der Waals surface area contributed by atoms with Crippen molar-refractivity contribution in [2.45, 2.75) is 18.8 Å². The summed E-state index contributed by atoms with van der Waals surface area (Å²) in [6.45, 7) is 0. The number of carboxylic acid groups (broad SMARTS) is 1. The summed E-state index contributed by atoms with van der Waals surface area (Å²) in [7, 11) is 0. The number of aromatic carboxylic acids is 1. The van der Waals surface area contributed by atoms with Crippen LogP contribution >= 0.6 is 15.9 Å². The second-order valence-electron chi connectivity index (χ2n) is 4.29. The maximum Gasteiger partial charge on any atom is 0.358 e. The molecule has 1 aromatic carbocycles. The first-order chi connectivity index (χ1) is 8.66. The molecule has 1 heterocycles. The van der Waals surface area contributed by atoms with Crippen molar-refractivity contribution in [2.24, 2.45) is 0 Å². The van der Waals surface area contributed by atoms with Gasteiger partial charge in [-0.25, -0.2) is 9.48 Å². The van der Waals surface area contributed by atoms with E-state index < -0.39 is 5.97 Å². The van der Waals surface area contributed by atoms with E-state index in [0.29, 0.717) is 5.69 Å². The molecule has 1 N–H and O–H groups in total. The summed E-state index contributed by atoms with van der Waals surface area (Å²) >= 11 is 3.39. The molecule has 6 heteroatoms. The van der Waals surface area contributed by atoms with E-state index in [1.165, 1.54) is 0 Å². The van der Waals surface area contributed by atoms with Crippen molar-refractivity contribution in [3.05, 3.63) is 40.1 Å². The first-order valence-electron chi connectivity index (χ1n) is 5.61. The van der Waals surface area contributed by atoms with Crippen molar-refractivity contribution in [1.82, 2.24) is 15.0 Å². The maximum atomic E-state index is 11.1. The number of halogens is 1. The molecule has 2 aromatic rings. The van der Waals surface area contributed by atoms with Gasteiger partial charge in [0, 0.05) is 10.4 Å². The van der Waals surface area contributed by atoms with Crippen LogP contribution < -0.4 is 0 Å². The molecule has 1 aliphatic carbocycles. The Morgan fingerprint density at radius 2 is 2.22 bits per heavy atom. The van der Waals surface area contributed by atoms with Crippen molar-refractivity contribution in [3.8, 4) is 5.69 Å². The van der Waals surface area contributed by atoms with Crippen molar-refractivity contribution in [3.63, 3.8) is 0 Å². The van der Waals surface area contributed by atoms with Crippen LogP contribution in [0.25, 0.3) is 5.69 Å². The third kappa shape index (κ3) is 1.92. The molecule has 0 bridgehead atoms. The third-order valence-electron chi connectivity index (χ3n) is 2.92. The Balaban J connectivity index is 2.15. The summed E-state index contributed by atoms with van der Waals surface area (Å²) in [5.74, 6) is -0.747. The normalized spacial score (nSPS) is 14.7. The molecule has 0 aliphatic heterocycles. The number of benzene rings is 1. The highest BCUT2D eigenvalue weighted by Gasteiger charge is 2.34. The van der Waals surface area contributed by atoms with Gasteiger partial charge in [-0.15, -0.1) is 5.10 Å². The second kappa shape index (κ2) is 4.20. The Morgan fingerprint density at radius 3 is 2.83 bits per heavy atom. The summed E-state index contributed by atoms with van der Waals surface area (Å²) in [4.78, 5) is 11.1. The molecule has 18 heavy (non-hydrogen) atoms. The average molecular weight is 308 g/mol. The molecule has 92 valence electrons. The maximum absolute atomic E-state index is 11.1. The Kier molecular flexibility index (Phi) is 2.66. The van der Waals surface area contributed by atoms with Crippen LogP contribution in [0.2, 0.25) is 0 Å². The summed E-state index contributed by atoms with van der Waals surface area (Å²) in [6, 6.07) is 7.58. The predicted molar refractivity (Wildman–Crippen MR) is 68.0 cm³/mol. The van der Waals surface area contributed by atoms with Gasteiger partial charge in [-0.3, -0.25) is 0 Å². The first kappa shape index (κ1) is 11.4.